The van der Waals surface area contributed by atoms with Crippen LogP contribution in [0.3, 0.4) is 0 Å². The zero-order chi connectivity index (χ0) is 26.9. The lowest BCUT2D eigenvalue weighted by Gasteiger charge is -2.09. The molecular weight excluding hydrogens is 512 g/mol. The molecule has 8 nitrogen and oxygen atoms in total. The third-order valence-electron chi connectivity index (χ3n) is 6.71. The third-order valence-corrected chi connectivity index (χ3v) is 7.82. The SMILES string of the molecule is COc1ccc(CNC(=O)n2nc(-c3cc(NC(=O)c4cc5ccccc5s4)ccc3O)cc2C2CC2)cc1. The largest absolute Gasteiger partial charge is 0.507 e. The molecule has 3 N–H and O–H groups in total. The van der Waals surface area contributed by atoms with Gasteiger partial charge < -0.3 is 20.5 Å². The van der Waals surface area contributed by atoms with Gasteiger partial charge in [-0.25, -0.2) is 4.79 Å². The van der Waals surface area contributed by atoms with Crippen molar-refractivity contribution in [3.63, 3.8) is 0 Å². The van der Waals surface area contributed by atoms with Crippen LogP contribution in [0.5, 0.6) is 11.5 Å². The summed E-state index contributed by atoms with van der Waals surface area (Å²) < 4.78 is 7.61. The van der Waals surface area contributed by atoms with E-state index in [1.165, 1.54) is 22.1 Å². The molecule has 6 rings (SSSR count). The van der Waals surface area contributed by atoms with Crippen molar-refractivity contribution in [1.29, 1.82) is 0 Å². The fraction of sp³-hybridized carbons (Fsp3) is 0.167. The highest BCUT2D eigenvalue weighted by Gasteiger charge is 2.31. The van der Waals surface area contributed by atoms with Gasteiger partial charge in [-0.15, -0.1) is 11.3 Å². The monoisotopic (exact) mass is 538 g/mol. The Bertz CT molecular complexity index is 1650. The number of anilines is 1. The molecule has 0 spiro atoms. The van der Waals surface area contributed by atoms with Crippen molar-refractivity contribution in [2.45, 2.75) is 25.3 Å². The third kappa shape index (κ3) is 5.21. The van der Waals surface area contributed by atoms with Crippen LogP contribution in [0.1, 0.15) is 39.7 Å². The molecule has 196 valence electrons. The van der Waals surface area contributed by atoms with Crippen molar-refractivity contribution in [2.75, 3.05) is 12.4 Å². The lowest BCUT2D eigenvalue weighted by molar-refractivity contribution is 0.103. The summed E-state index contributed by atoms with van der Waals surface area (Å²) in [6.45, 7) is 0.340. The maximum Gasteiger partial charge on any atom is 0.342 e. The van der Waals surface area contributed by atoms with Crippen molar-refractivity contribution in [3.8, 4) is 22.8 Å². The van der Waals surface area contributed by atoms with Gasteiger partial charge in [0.25, 0.3) is 5.91 Å². The number of nitrogens with zero attached hydrogens (tertiary/aromatic N) is 2. The van der Waals surface area contributed by atoms with Gasteiger partial charge in [-0.2, -0.15) is 9.78 Å². The van der Waals surface area contributed by atoms with Crippen molar-refractivity contribution in [2.24, 2.45) is 0 Å². The Hall–Kier alpha value is -4.63. The Morgan fingerprint density at radius 1 is 1.05 bits per heavy atom. The lowest BCUT2D eigenvalue weighted by atomic mass is 10.1. The first-order valence-electron chi connectivity index (χ1n) is 12.6. The van der Waals surface area contributed by atoms with Crippen molar-refractivity contribution < 1.29 is 19.4 Å². The molecule has 2 amide bonds. The van der Waals surface area contributed by atoms with E-state index >= 15 is 0 Å². The van der Waals surface area contributed by atoms with E-state index in [2.05, 4.69) is 15.7 Å². The summed E-state index contributed by atoms with van der Waals surface area (Å²) in [6.07, 6.45) is 1.96. The molecule has 0 atom stereocenters. The van der Waals surface area contributed by atoms with E-state index in [9.17, 15) is 14.7 Å². The zero-order valence-corrected chi connectivity index (χ0v) is 22.0. The zero-order valence-electron chi connectivity index (χ0n) is 21.2. The van der Waals surface area contributed by atoms with E-state index in [0.29, 0.717) is 28.4 Å². The Kier molecular flexibility index (Phi) is 6.50. The van der Waals surface area contributed by atoms with Crippen LogP contribution in [0.15, 0.2) is 78.9 Å². The van der Waals surface area contributed by atoms with Gasteiger partial charge in [0.15, 0.2) is 0 Å². The number of nitrogens with one attached hydrogen (secondary N) is 2. The van der Waals surface area contributed by atoms with Gasteiger partial charge >= 0.3 is 6.03 Å². The van der Waals surface area contributed by atoms with E-state index in [4.69, 9.17) is 4.74 Å². The van der Waals surface area contributed by atoms with Gasteiger partial charge in [-0.3, -0.25) is 4.79 Å². The van der Waals surface area contributed by atoms with Gasteiger partial charge in [-0.1, -0.05) is 30.3 Å². The number of rotatable bonds is 7. The van der Waals surface area contributed by atoms with E-state index in [1.54, 1.807) is 19.2 Å². The second-order valence-electron chi connectivity index (χ2n) is 9.48. The Morgan fingerprint density at radius 3 is 2.59 bits per heavy atom. The quantitative estimate of drug-likeness (QED) is 0.209. The molecule has 0 bridgehead atoms. The Labute approximate surface area is 228 Å². The molecule has 5 aromatic rings. The van der Waals surface area contributed by atoms with Gasteiger partial charge in [0.1, 0.15) is 11.5 Å². The molecule has 1 aliphatic carbocycles. The standard InChI is InChI=1S/C30H26N4O4S/c1-38-22-11-6-18(7-12-22)17-31-30(37)34-25(19-8-9-19)16-24(33-34)23-15-21(10-13-26(23)35)32-29(36)28-14-20-4-2-3-5-27(20)39-28/h2-7,10-16,19,35H,8-9,17H2,1H3,(H,31,37)(H,32,36). The highest BCUT2D eigenvalue weighted by Crippen LogP contribution is 2.42. The summed E-state index contributed by atoms with van der Waals surface area (Å²) in [6, 6.07) is 23.5. The Balaban J connectivity index is 1.22. The molecular formula is C30H26N4O4S. The minimum absolute atomic E-state index is 0.0144. The number of phenolic OH excluding ortho intramolecular Hbond substituents is 1. The van der Waals surface area contributed by atoms with Crippen LogP contribution in [0.25, 0.3) is 21.3 Å². The molecule has 1 fully saturated rings. The fourth-order valence-corrected chi connectivity index (χ4v) is 5.42. The maximum absolute atomic E-state index is 13.1. The topological polar surface area (TPSA) is 105 Å². The first-order valence-corrected chi connectivity index (χ1v) is 13.4. The van der Waals surface area contributed by atoms with Gasteiger partial charge in [0.05, 0.1) is 23.4 Å². The summed E-state index contributed by atoms with van der Waals surface area (Å²) in [5, 5.41) is 22.1. The van der Waals surface area contributed by atoms with E-state index in [0.717, 1.165) is 39.9 Å². The van der Waals surface area contributed by atoms with Crippen LogP contribution in [0, 0.1) is 0 Å². The lowest BCUT2D eigenvalue weighted by Crippen LogP contribution is -2.30. The summed E-state index contributed by atoms with van der Waals surface area (Å²) in [5.74, 6) is 0.784. The normalized spacial score (nSPS) is 12.8. The van der Waals surface area contributed by atoms with Crippen LogP contribution in [0.2, 0.25) is 0 Å². The second kappa shape index (κ2) is 10.3. The number of aromatic hydroxyl groups is 1. The molecule has 1 saturated carbocycles. The van der Waals surface area contributed by atoms with Crippen LogP contribution >= 0.6 is 11.3 Å². The number of carbonyl (C=O) groups excluding carboxylic acids is 2. The summed E-state index contributed by atoms with van der Waals surface area (Å²) >= 11 is 1.42. The van der Waals surface area contributed by atoms with Gasteiger partial charge in [-0.05, 0) is 72.3 Å². The molecule has 3 aromatic carbocycles. The number of amides is 2. The number of methoxy groups -OCH3 is 1. The minimum atomic E-state index is -0.340. The first kappa shape index (κ1) is 24.7. The van der Waals surface area contributed by atoms with Crippen molar-refractivity contribution >= 4 is 39.0 Å². The van der Waals surface area contributed by atoms with Crippen LogP contribution in [-0.4, -0.2) is 33.9 Å². The average molecular weight is 539 g/mol. The van der Waals surface area contributed by atoms with Crippen LogP contribution in [0.4, 0.5) is 10.5 Å². The molecule has 0 aliphatic heterocycles. The van der Waals surface area contributed by atoms with Crippen LogP contribution in [-0.2, 0) is 6.54 Å². The van der Waals surface area contributed by atoms with Crippen molar-refractivity contribution in [3.05, 3.63) is 95.0 Å². The predicted octanol–water partition coefficient (Wildman–Crippen LogP) is 6.37. The highest BCUT2D eigenvalue weighted by molar-refractivity contribution is 7.20. The van der Waals surface area contributed by atoms with Crippen molar-refractivity contribution in [1.82, 2.24) is 15.1 Å². The fourth-order valence-electron chi connectivity index (χ4n) is 4.46. The van der Waals surface area contributed by atoms with Gasteiger partial charge in [0.2, 0.25) is 0 Å². The summed E-state index contributed by atoms with van der Waals surface area (Å²) in [5.41, 5.74) is 3.16. The number of carbonyl (C=O) groups is 2. The minimum Gasteiger partial charge on any atom is -0.507 e. The number of aromatic nitrogens is 2. The molecule has 39 heavy (non-hydrogen) atoms. The van der Waals surface area contributed by atoms with Gasteiger partial charge in [0, 0.05) is 28.4 Å². The molecule has 0 saturated heterocycles. The maximum atomic E-state index is 13.1. The predicted molar refractivity (Wildman–Crippen MR) is 152 cm³/mol. The van der Waals surface area contributed by atoms with E-state index in [1.807, 2.05) is 60.7 Å². The molecule has 2 heterocycles. The number of hydrogen-bond donors (Lipinski definition) is 3. The number of phenols is 1. The molecule has 9 heteroatoms. The van der Waals surface area contributed by atoms with E-state index in [-0.39, 0.29) is 23.6 Å². The van der Waals surface area contributed by atoms with E-state index < -0.39 is 0 Å². The molecule has 2 aromatic heterocycles. The van der Waals surface area contributed by atoms with Crippen LogP contribution < -0.4 is 15.4 Å². The number of fused-ring (bicyclic) bond motifs is 1. The number of ether oxygens (including phenoxy) is 1. The molecule has 1 aliphatic rings. The highest BCUT2D eigenvalue weighted by atomic mass is 32.1. The first-order chi connectivity index (χ1) is 19.0. The Morgan fingerprint density at radius 2 is 1.85 bits per heavy atom. The number of benzene rings is 3. The number of thiophene rings is 1. The smallest absolute Gasteiger partial charge is 0.342 e. The summed E-state index contributed by atoms with van der Waals surface area (Å²) in [4.78, 5) is 26.7. The number of hydrogen-bond acceptors (Lipinski definition) is 6. The average Bonchev–Trinajstić information content (AvgIpc) is 3.55. The second-order valence-corrected chi connectivity index (χ2v) is 10.6. The summed E-state index contributed by atoms with van der Waals surface area (Å²) in [7, 11) is 1.61. The molecule has 0 radical (unpaired) electrons. The molecule has 0 unspecified atom stereocenters.